The topological polar surface area (TPSA) is 83.6 Å². The Morgan fingerprint density at radius 1 is 1.78 bits per heavy atom. The van der Waals surface area contributed by atoms with Gasteiger partial charge in [0, 0.05) is 0 Å². The lowest BCUT2D eigenvalue weighted by Gasteiger charge is -2.39. The van der Waals surface area contributed by atoms with E-state index in [0.717, 1.165) is 0 Å². The molecule has 52 valence electrons. The Morgan fingerprint density at radius 3 is 2.33 bits per heavy atom. The zero-order valence-corrected chi connectivity index (χ0v) is 4.87. The van der Waals surface area contributed by atoms with Crippen molar-refractivity contribution in [3.8, 4) is 0 Å². The molecule has 0 amide bonds. The molecule has 0 aliphatic heterocycles. The highest BCUT2D eigenvalue weighted by atomic mass is 16.4. The minimum Gasteiger partial charge on any atom is -0.480 e. The molecule has 0 aromatic rings. The predicted molar refractivity (Wildman–Crippen MR) is 29.8 cm³/mol. The molecule has 2 atom stereocenters. The van der Waals surface area contributed by atoms with Crippen LogP contribution >= 0.6 is 0 Å². The fourth-order valence-corrected chi connectivity index (χ4v) is 0.834. The Balaban J connectivity index is 2.64. The van der Waals surface area contributed by atoms with Crippen LogP contribution in [0.4, 0.5) is 0 Å². The summed E-state index contributed by atoms with van der Waals surface area (Å²) in [5.74, 6) is -1.11. The molecule has 0 aromatic carbocycles. The van der Waals surface area contributed by atoms with E-state index in [1.165, 1.54) is 0 Å². The van der Waals surface area contributed by atoms with Gasteiger partial charge in [-0.25, -0.2) is 0 Å². The van der Waals surface area contributed by atoms with Crippen LogP contribution in [0.15, 0.2) is 0 Å². The van der Waals surface area contributed by atoms with Crippen LogP contribution in [-0.2, 0) is 4.79 Å². The minimum absolute atomic E-state index is 0.378. The van der Waals surface area contributed by atoms with E-state index in [2.05, 4.69) is 0 Å². The van der Waals surface area contributed by atoms with E-state index >= 15 is 0 Å². The average Bonchev–Trinajstić information content (AvgIpc) is 1.82. The molecule has 1 rings (SSSR count). The summed E-state index contributed by atoms with van der Waals surface area (Å²) < 4.78 is 0. The van der Waals surface area contributed by atoms with Gasteiger partial charge in [-0.15, -0.1) is 0 Å². The molecule has 0 heterocycles. The number of carboxylic acids is 1. The largest absolute Gasteiger partial charge is 0.480 e. The van der Waals surface area contributed by atoms with E-state index in [-0.39, 0.29) is 0 Å². The lowest BCUT2D eigenvalue weighted by Crippen LogP contribution is -2.64. The van der Waals surface area contributed by atoms with E-state index in [4.69, 9.17) is 15.9 Å². The van der Waals surface area contributed by atoms with Crippen LogP contribution in [0.1, 0.15) is 12.8 Å². The molecule has 1 saturated carbocycles. The summed E-state index contributed by atoms with van der Waals surface area (Å²) in [6.07, 6.45) is 0.0294. The summed E-state index contributed by atoms with van der Waals surface area (Å²) in [5, 5.41) is 17.2. The third-order valence-electron chi connectivity index (χ3n) is 1.82. The van der Waals surface area contributed by atoms with Crippen molar-refractivity contribution in [3.63, 3.8) is 0 Å². The molecule has 0 unspecified atom stereocenters. The lowest BCUT2D eigenvalue weighted by atomic mass is 9.75. The maximum absolute atomic E-state index is 10.2. The summed E-state index contributed by atoms with van der Waals surface area (Å²) in [4.78, 5) is 10.2. The van der Waals surface area contributed by atoms with E-state index in [1.54, 1.807) is 0 Å². The number of hydrogen-bond acceptors (Lipinski definition) is 3. The molecule has 1 aliphatic carbocycles. The summed E-state index contributed by atoms with van der Waals surface area (Å²) in [5.41, 5.74) is 3.89. The maximum atomic E-state index is 10.2. The average molecular weight is 131 g/mol. The van der Waals surface area contributed by atoms with Crippen molar-refractivity contribution < 1.29 is 15.0 Å². The Hall–Kier alpha value is -0.610. The number of nitrogens with two attached hydrogens (primary N) is 1. The summed E-state index contributed by atoms with van der Waals surface area (Å²) in [7, 11) is 0. The monoisotopic (exact) mass is 131 g/mol. The fraction of sp³-hybridized carbons (Fsp3) is 0.800. The van der Waals surface area contributed by atoms with E-state index < -0.39 is 17.6 Å². The third kappa shape index (κ3) is 0.710. The van der Waals surface area contributed by atoms with Crippen molar-refractivity contribution in [2.45, 2.75) is 24.5 Å². The SMILES string of the molecule is N[C@@]1(C(=O)O)CC[C@@H]1O. The number of carboxylic acid groups (broad SMARTS) is 1. The zero-order chi connectivity index (χ0) is 7.07. The first-order chi connectivity index (χ1) is 4.07. The van der Waals surface area contributed by atoms with E-state index in [1.807, 2.05) is 0 Å². The molecule has 0 spiro atoms. The molecule has 9 heavy (non-hydrogen) atoms. The van der Waals surface area contributed by atoms with Crippen LogP contribution < -0.4 is 5.73 Å². The smallest absolute Gasteiger partial charge is 0.326 e. The van der Waals surface area contributed by atoms with E-state index in [0.29, 0.717) is 12.8 Å². The van der Waals surface area contributed by atoms with Crippen LogP contribution in [0.3, 0.4) is 0 Å². The highest BCUT2D eigenvalue weighted by molar-refractivity contribution is 5.80. The first-order valence-electron chi connectivity index (χ1n) is 2.78. The molecule has 4 heteroatoms. The number of aliphatic carboxylic acids is 1. The van der Waals surface area contributed by atoms with Crippen molar-refractivity contribution in [1.29, 1.82) is 0 Å². The molecule has 0 radical (unpaired) electrons. The first kappa shape index (κ1) is 6.51. The number of carbonyl (C=O) groups is 1. The molecule has 1 fully saturated rings. The standard InChI is InChI=1S/C5H9NO3/c6-5(4(8)9)2-1-3(5)7/h3,7H,1-2,6H2,(H,8,9)/t3-,5-/m0/s1. The second kappa shape index (κ2) is 1.68. The van der Waals surface area contributed by atoms with Crippen LogP contribution in [0.2, 0.25) is 0 Å². The van der Waals surface area contributed by atoms with E-state index in [9.17, 15) is 4.79 Å². The molecule has 0 aromatic heterocycles. The second-order valence-electron chi connectivity index (χ2n) is 2.40. The molecule has 4 N–H and O–H groups in total. The van der Waals surface area contributed by atoms with Crippen molar-refractivity contribution in [2.24, 2.45) is 5.73 Å². The van der Waals surface area contributed by atoms with Crippen LogP contribution in [0.5, 0.6) is 0 Å². The van der Waals surface area contributed by atoms with Gasteiger partial charge in [-0.1, -0.05) is 0 Å². The quantitative estimate of drug-likeness (QED) is 0.423. The van der Waals surface area contributed by atoms with Gasteiger partial charge in [-0.05, 0) is 12.8 Å². The number of rotatable bonds is 1. The van der Waals surface area contributed by atoms with Gasteiger partial charge < -0.3 is 15.9 Å². The lowest BCUT2D eigenvalue weighted by molar-refractivity contribution is -0.155. The summed E-state index contributed by atoms with van der Waals surface area (Å²) >= 11 is 0. The van der Waals surface area contributed by atoms with Gasteiger partial charge in [0.1, 0.15) is 5.54 Å². The molecule has 1 aliphatic rings. The Kier molecular flexibility index (Phi) is 1.22. The molecule has 0 saturated heterocycles. The zero-order valence-electron chi connectivity index (χ0n) is 4.87. The van der Waals surface area contributed by atoms with Crippen LogP contribution in [-0.4, -0.2) is 27.8 Å². The molecule has 0 bridgehead atoms. The van der Waals surface area contributed by atoms with Gasteiger partial charge >= 0.3 is 5.97 Å². The van der Waals surface area contributed by atoms with Gasteiger partial charge in [-0.3, -0.25) is 4.79 Å². The van der Waals surface area contributed by atoms with Crippen LogP contribution in [0.25, 0.3) is 0 Å². The Bertz CT molecular complexity index is 147. The van der Waals surface area contributed by atoms with Gasteiger partial charge in [0.2, 0.25) is 0 Å². The molecule has 4 nitrogen and oxygen atoms in total. The van der Waals surface area contributed by atoms with Crippen molar-refractivity contribution in [2.75, 3.05) is 0 Å². The first-order valence-corrected chi connectivity index (χ1v) is 2.78. The Labute approximate surface area is 52.3 Å². The number of aliphatic hydroxyl groups excluding tert-OH is 1. The van der Waals surface area contributed by atoms with Crippen molar-refractivity contribution in [1.82, 2.24) is 0 Å². The molecular weight excluding hydrogens is 122 g/mol. The predicted octanol–water partition coefficient (Wildman–Crippen LogP) is -1.08. The van der Waals surface area contributed by atoms with Crippen LogP contribution in [0, 0.1) is 0 Å². The number of hydrogen-bond donors (Lipinski definition) is 3. The van der Waals surface area contributed by atoms with Gasteiger partial charge in [0.15, 0.2) is 0 Å². The Morgan fingerprint density at radius 2 is 2.33 bits per heavy atom. The maximum Gasteiger partial charge on any atom is 0.326 e. The van der Waals surface area contributed by atoms with Crippen molar-refractivity contribution in [3.05, 3.63) is 0 Å². The second-order valence-corrected chi connectivity index (χ2v) is 2.40. The highest BCUT2D eigenvalue weighted by Crippen LogP contribution is 2.29. The highest BCUT2D eigenvalue weighted by Gasteiger charge is 2.49. The molecular formula is C5H9NO3. The van der Waals surface area contributed by atoms with Gasteiger partial charge in [0.05, 0.1) is 6.10 Å². The number of aliphatic hydroxyl groups is 1. The van der Waals surface area contributed by atoms with Gasteiger partial charge in [-0.2, -0.15) is 0 Å². The minimum atomic E-state index is -1.35. The summed E-state index contributed by atoms with van der Waals surface area (Å²) in [6, 6.07) is 0. The van der Waals surface area contributed by atoms with Gasteiger partial charge in [0.25, 0.3) is 0 Å². The summed E-state index contributed by atoms with van der Waals surface area (Å²) in [6.45, 7) is 0. The van der Waals surface area contributed by atoms with Crippen molar-refractivity contribution >= 4 is 5.97 Å². The normalized spacial score (nSPS) is 41.8. The third-order valence-corrected chi connectivity index (χ3v) is 1.82. The fourth-order valence-electron chi connectivity index (χ4n) is 0.834.